The van der Waals surface area contributed by atoms with E-state index < -0.39 is 24.4 Å². The first-order valence-electron chi connectivity index (χ1n) is 13.3. The molecule has 2 N–H and O–H groups in total. The average molecular weight is 619 g/mol. The van der Waals surface area contributed by atoms with E-state index >= 15 is 0 Å². The molecule has 0 aliphatic heterocycles. The van der Waals surface area contributed by atoms with Crippen molar-refractivity contribution in [1.82, 2.24) is 24.5 Å². The zero-order valence-electron chi connectivity index (χ0n) is 22.9. The molecule has 0 aliphatic carbocycles. The summed E-state index contributed by atoms with van der Waals surface area (Å²) in [6.45, 7) is 0.323. The van der Waals surface area contributed by atoms with Crippen molar-refractivity contribution in [2.45, 2.75) is 19.1 Å². The molecular weight excluding hydrogens is 597 g/mol. The molecule has 9 nitrogen and oxygen atoms in total. The Morgan fingerprint density at radius 2 is 1.77 bits per heavy atom. The molecular formula is C31H22ClF3N6O3. The lowest BCUT2D eigenvalue weighted by Crippen LogP contribution is -2.27. The van der Waals surface area contributed by atoms with Gasteiger partial charge in [0.25, 0.3) is 5.56 Å². The number of anilines is 1. The smallest absolute Gasteiger partial charge is 0.422 e. The van der Waals surface area contributed by atoms with Crippen molar-refractivity contribution in [2.24, 2.45) is 0 Å². The van der Waals surface area contributed by atoms with Gasteiger partial charge < -0.3 is 15.0 Å². The van der Waals surface area contributed by atoms with Gasteiger partial charge in [0.05, 0.1) is 22.1 Å². The number of aromatic nitrogens is 5. The van der Waals surface area contributed by atoms with E-state index in [1.807, 2.05) is 6.07 Å². The van der Waals surface area contributed by atoms with Crippen LogP contribution < -0.4 is 21.0 Å². The third kappa shape index (κ3) is 5.47. The summed E-state index contributed by atoms with van der Waals surface area (Å²) in [7, 11) is 0. The first kappa shape index (κ1) is 28.9. The minimum Gasteiger partial charge on any atom is -0.468 e. The molecule has 0 amide bonds. The maximum absolute atomic E-state index is 14.4. The number of H-pyrrole nitrogens is 1. The molecule has 1 atom stereocenters. The fraction of sp³-hybridized carbons (Fsp3) is 0.129. The molecule has 0 saturated carbocycles. The highest BCUT2D eigenvalue weighted by molar-refractivity contribution is 6.36. The molecule has 0 bridgehead atoms. The van der Waals surface area contributed by atoms with Crippen molar-refractivity contribution < 1.29 is 17.9 Å². The highest BCUT2D eigenvalue weighted by atomic mass is 35.5. The lowest BCUT2D eigenvalue weighted by molar-refractivity contribution is -0.154. The summed E-state index contributed by atoms with van der Waals surface area (Å²) in [6.07, 6.45) is -0.348. The lowest BCUT2D eigenvalue weighted by Gasteiger charge is -2.24. The number of halogens is 4. The number of aromatic amines is 1. The van der Waals surface area contributed by atoms with Crippen LogP contribution in [-0.2, 0) is 0 Å². The lowest BCUT2D eigenvalue weighted by atomic mass is 9.98. The number of alkyl halides is 3. The zero-order valence-corrected chi connectivity index (χ0v) is 23.6. The monoisotopic (exact) mass is 618 g/mol. The number of rotatable bonds is 7. The van der Waals surface area contributed by atoms with Crippen LogP contribution in [-0.4, -0.2) is 37.3 Å². The Morgan fingerprint density at radius 1 is 0.977 bits per heavy atom. The van der Waals surface area contributed by atoms with E-state index in [9.17, 15) is 22.8 Å². The Labute approximate surface area is 252 Å². The first-order valence-corrected chi connectivity index (χ1v) is 13.7. The van der Waals surface area contributed by atoms with Crippen molar-refractivity contribution in [2.75, 3.05) is 11.9 Å². The highest BCUT2D eigenvalue weighted by Gasteiger charge is 2.29. The van der Waals surface area contributed by atoms with Crippen molar-refractivity contribution >= 4 is 39.2 Å². The molecule has 0 unspecified atom stereocenters. The van der Waals surface area contributed by atoms with Crippen LogP contribution in [0.4, 0.5) is 19.0 Å². The van der Waals surface area contributed by atoms with E-state index in [0.29, 0.717) is 33.5 Å². The van der Waals surface area contributed by atoms with E-state index in [2.05, 4.69) is 25.3 Å². The van der Waals surface area contributed by atoms with Gasteiger partial charge in [-0.1, -0.05) is 48.0 Å². The molecule has 6 aromatic rings. The normalized spacial score (nSPS) is 12.4. The van der Waals surface area contributed by atoms with Crippen LogP contribution in [0.1, 0.15) is 18.7 Å². The zero-order chi connectivity index (χ0) is 31.0. The summed E-state index contributed by atoms with van der Waals surface area (Å²) in [6, 6.07) is 17.7. The molecule has 6 rings (SSSR count). The van der Waals surface area contributed by atoms with Crippen LogP contribution in [0, 0.1) is 0 Å². The van der Waals surface area contributed by atoms with Gasteiger partial charge in [0.2, 0.25) is 5.88 Å². The minimum absolute atomic E-state index is 0.204. The van der Waals surface area contributed by atoms with Crippen LogP contribution in [0.5, 0.6) is 5.88 Å². The number of nitrogens with one attached hydrogen (secondary N) is 2. The summed E-state index contributed by atoms with van der Waals surface area (Å²) >= 11 is 7.11. The van der Waals surface area contributed by atoms with Gasteiger partial charge in [-0.3, -0.25) is 14.2 Å². The molecule has 0 aliphatic rings. The second kappa shape index (κ2) is 11.5. The number of hydrogen-bond acceptors (Lipinski definition) is 7. The fourth-order valence-corrected chi connectivity index (χ4v) is 5.46. The minimum atomic E-state index is -4.50. The molecule has 4 heterocycles. The molecule has 13 heteroatoms. The van der Waals surface area contributed by atoms with E-state index in [4.69, 9.17) is 16.3 Å². The van der Waals surface area contributed by atoms with Crippen molar-refractivity contribution in [3.63, 3.8) is 0 Å². The summed E-state index contributed by atoms with van der Waals surface area (Å²) in [5, 5.41) is 4.50. The Balaban J connectivity index is 1.52. The van der Waals surface area contributed by atoms with Gasteiger partial charge in [-0.2, -0.15) is 13.2 Å². The molecule has 2 aromatic carbocycles. The van der Waals surface area contributed by atoms with Gasteiger partial charge in [-0.15, -0.1) is 0 Å². The molecule has 44 heavy (non-hydrogen) atoms. The van der Waals surface area contributed by atoms with Gasteiger partial charge in [0.1, 0.15) is 23.2 Å². The second-order valence-electron chi connectivity index (χ2n) is 9.85. The number of hydrogen-bond donors (Lipinski definition) is 2. The van der Waals surface area contributed by atoms with Gasteiger partial charge in [0.15, 0.2) is 12.0 Å². The predicted octanol–water partition coefficient (Wildman–Crippen LogP) is 6.45. The largest absolute Gasteiger partial charge is 0.468 e. The number of ether oxygens (including phenoxy) is 1. The van der Waals surface area contributed by atoms with Gasteiger partial charge >= 0.3 is 6.18 Å². The molecule has 222 valence electrons. The SMILES string of the molecule is C[C@H](Nc1ncnc2[nH]ccc(=O)c12)c1c(Cl)c2cccc(-c3ccc(OCC(F)(F)F)nc3)c2c(=O)n1-c1ccccc1. The topological polar surface area (TPSA) is 115 Å². The third-order valence-electron chi connectivity index (χ3n) is 6.94. The van der Waals surface area contributed by atoms with E-state index in [1.165, 1.54) is 41.5 Å². The maximum atomic E-state index is 14.4. The molecule has 0 fully saturated rings. The van der Waals surface area contributed by atoms with Gasteiger partial charge in [0, 0.05) is 41.2 Å². The van der Waals surface area contributed by atoms with E-state index in [0.717, 1.165) is 0 Å². The Bertz CT molecular complexity index is 2110. The quantitative estimate of drug-likeness (QED) is 0.211. The number of fused-ring (bicyclic) bond motifs is 2. The standard InChI is InChI=1S/C31H22ClF3N6O3/c1-17(40-29-25-22(42)12-13-36-28(25)38-16-39-29)27-26(32)21-9-5-8-20(18-10-11-23(37-14-18)44-15-31(33,34)35)24(21)30(43)41(27)19-6-3-2-4-7-19/h2-14,16-17H,15H2,1H3,(H2,36,38,39,40,42)/t17-/m0/s1. The van der Waals surface area contributed by atoms with Gasteiger partial charge in [-0.05, 0) is 30.7 Å². The van der Waals surface area contributed by atoms with Gasteiger partial charge in [-0.25, -0.2) is 15.0 Å². The Hall–Kier alpha value is -5.23. The summed E-state index contributed by atoms with van der Waals surface area (Å²) in [5.41, 5.74) is 1.59. The molecule has 4 aromatic heterocycles. The maximum Gasteiger partial charge on any atom is 0.422 e. The third-order valence-corrected chi connectivity index (χ3v) is 7.34. The Morgan fingerprint density at radius 3 is 2.50 bits per heavy atom. The van der Waals surface area contributed by atoms with Crippen molar-refractivity contribution in [3.8, 4) is 22.7 Å². The fourth-order valence-electron chi connectivity index (χ4n) is 5.05. The molecule has 0 radical (unpaired) electrons. The van der Waals surface area contributed by atoms with Crippen molar-refractivity contribution in [3.05, 3.63) is 117 Å². The predicted molar refractivity (Wildman–Crippen MR) is 162 cm³/mol. The van der Waals surface area contributed by atoms with Crippen LogP contribution in [0.25, 0.3) is 38.6 Å². The Kier molecular flexibility index (Phi) is 7.52. The summed E-state index contributed by atoms with van der Waals surface area (Å²) in [5.74, 6) is 0.0598. The molecule has 0 saturated heterocycles. The van der Waals surface area contributed by atoms with Crippen LogP contribution in [0.15, 0.2) is 95.0 Å². The highest BCUT2D eigenvalue weighted by Crippen LogP contribution is 2.36. The van der Waals surface area contributed by atoms with Crippen LogP contribution in [0.2, 0.25) is 5.02 Å². The average Bonchev–Trinajstić information content (AvgIpc) is 3.01. The van der Waals surface area contributed by atoms with E-state index in [1.54, 1.807) is 49.4 Å². The van der Waals surface area contributed by atoms with E-state index in [-0.39, 0.29) is 32.9 Å². The van der Waals surface area contributed by atoms with Crippen LogP contribution >= 0.6 is 11.6 Å². The van der Waals surface area contributed by atoms with Crippen molar-refractivity contribution in [1.29, 1.82) is 0 Å². The number of nitrogens with zero attached hydrogens (tertiary/aromatic N) is 4. The first-order chi connectivity index (χ1) is 21.1. The number of pyridine rings is 3. The number of benzene rings is 2. The second-order valence-corrected chi connectivity index (χ2v) is 10.2. The summed E-state index contributed by atoms with van der Waals surface area (Å²) in [4.78, 5) is 42.5. The molecule has 0 spiro atoms. The summed E-state index contributed by atoms with van der Waals surface area (Å²) < 4.78 is 44.0. The number of para-hydroxylation sites is 1. The van der Waals surface area contributed by atoms with Crippen LogP contribution in [0.3, 0.4) is 0 Å².